The minimum Gasteiger partial charge on any atom is -0.380 e. The van der Waals surface area contributed by atoms with Crippen molar-refractivity contribution in [3.05, 3.63) is 50.2 Å². The first-order valence-corrected chi connectivity index (χ1v) is 11.9. The smallest absolute Gasteiger partial charge is 0.308 e. The first kappa shape index (κ1) is 20.0. The molecule has 2 aliphatic carbocycles. The van der Waals surface area contributed by atoms with Gasteiger partial charge in [-0.2, -0.15) is 0 Å². The summed E-state index contributed by atoms with van der Waals surface area (Å²) in [4.78, 5) is 20.1. The summed E-state index contributed by atoms with van der Waals surface area (Å²) >= 11 is 2.39. The Kier molecular flexibility index (Phi) is 5.55. The molecule has 5 rings (SSSR count). The maximum absolute atomic E-state index is 13.5. The van der Waals surface area contributed by atoms with Gasteiger partial charge in [0.05, 0.1) is 12.3 Å². The van der Waals surface area contributed by atoms with Gasteiger partial charge in [0.2, 0.25) is 0 Å². The molecule has 0 bridgehead atoms. The van der Waals surface area contributed by atoms with Crippen molar-refractivity contribution in [1.82, 2.24) is 4.98 Å². The molecule has 2 aromatic rings. The second kappa shape index (κ2) is 8.32. The number of nitrogens with zero attached hydrogens (tertiary/aromatic N) is 2. The number of aromatic nitrogens is 1. The largest absolute Gasteiger partial charge is 0.380 e. The van der Waals surface area contributed by atoms with Crippen molar-refractivity contribution in [3.63, 3.8) is 0 Å². The Morgan fingerprint density at radius 3 is 2.87 bits per heavy atom. The average Bonchev–Trinajstić information content (AvgIpc) is 3.24. The molecule has 1 amide bonds. The number of anilines is 2. The van der Waals surface area contributed by atoms with E-state index in [1.807, 2.05) is 6.07 Å². The van der Waals surface area contributed by atoms with Crippen LogP contribution >= 0.6 is 22.6 Å². The molecule has 1 atom stereocenters. The molecular weight excluding hydrogens is 487 g/mol. The van der Waals surface area contributed by atoms with Gasteiger partial charge < -0.3 is 4.74 Å². The zero-order chi connectivity index (χ0) is 20.7. The second-order valence-electron chi connectivity index (χ2n) is 8.53. The van der Waals surface area contributed by atoms with E-state index in [-0.39, 0.29) is 11.8 Å². The molecule has 2 fully saturated rings. The van der Waals surface area contributed by atoms with Crippen molar-refractivity contribution in [2.24, 2.45) is 5.92 Å². The SMILES string of the molecule is Cc1cc(N(C(=O)C#CC2CCOC2)c2ccc3c(n2)CCC3)c(C2CC2)cc1I. The van der Waals surface area contributed by atoms with Crippen LogP contribution in [0.25, 0.3) is 0 Å². The van der Waals surface area contributed by atoms with Crippen LogP contribution in [0.4, 0.5) is 11.5 Å². The molecule has 1 aliphatic heterocycles. The monoisotopic (exact) mass is 512 g/mol. The fourth-order valence-electron chi connectivity index (χ4n) is 4.34. The number of hydrogen-bond acceptors (Lipinski definition) is 3. The molecule has 1 aromatic heterocycles. The van der Waals surface area contributed by atoms with Crippen LogP contribution in [-0.4, -0.2) is 24.1 Å². The predicted molar refractivity (Wildman–Crippen MR) is 126 cm³/mol. The Bertz CT molecular complexity index is 1060. The van der Waals surface area contributed by atoms with Crippen LogP contribution in [0.1, 0.15) is 54.0 Å². The highest BCUT2D eigenvalue weighted by atomic mass is 127. The lowest BCUT2D eigenvalue weighted by molar-refractivity contribution is -0.112. The molecule has 0 N–H and O–H groups in total. The van der Waals surface area contributed by atoms with E-state index in [4.69, 9.17) is 9.72 Å². The number of pyridine rings is 1. The molecule has 30 heavy (non-hydrogen) atoms. The summed E-state index contributed by atoms with van der Waals surface area (Å²) in [6, 6.07) is 8.52. The zero-order valence-electron chi connectivity index (χ0n) is 17.2. The van der Waals surface area contributed by atoms with Crippen LogP contribution < -0.4 is 4.90 Å². The van der Waals surface area contributed by atoms with Crippen LogP contribution in [0.3, 0.4) is 0 Å². The van der Waals surface area contributed by atoms with Gasteiger partial charge in [-0.15, -0.1) is 0 Å². The van der Waals surface area contributed by atoms with E-state index in [2.05, 4.69) is 59.6 Å². The van der Waals surface area contributed by atoms with Crippen LogP contribution in [-0.2, 0) is 22.4 Å². The predicted octanol–water partition coefficient (Wildman–Crippen LogP) is 5.07. The minimum atomic E-state index is -0.199. The summed E-state index contributed by atoms with van der Waals surface area (Å²) in [7, 11) is 0. The second-order valence-corrected chi connectivity index (χ2v) is 9.70. The van der Waals surface area contributed by atoms with Crippen molar-refractivity contribution in [2.45, 2.75) is 51.4 Å². The summed E-state index contributed by atoms with van der Waals surface area (Å²) in [5.74, 6) is 7.24. The van der Waals surface area contributed by atoms with Gasteiger partial charge in [0, 0.05) is 21.8 Å². The maximum Gasteiger partial charge on any atom is 0.308 e. The Morgan fingerprint density at radius 2 is 2.10 bits per heavy atom. The highest BCUT2D eigenvalue weighted by Crippen LogP contribution is 2.46. The highest BCUT2D eigenvalue weighted by molar-refractivity contribution is 14.1. The third-order valence-electron chi connectivity index (χ3n) is 6.22. The van der Waals surface area contributed by atoms with Gasteiger partial charge in [-0.3, -0.25) is 9.69 Å². The van der Waals surface area contributed by atoms with Crippen molar-refractivity contribution in [3.8, 4) is 11.8 Å². The van der Waals surface area contributed by atoms with Crippen molar-refractivity contribution >= 4 is 40.0 Å². The average molecular weight is 512 g/mol. The number of carbonyl (C=O) groups excluding carboxylic acids is 1. The molecule has 0 spiro atoms. The lowest BCUT2D eigenvalue weighted by atomic mass is 10.0. The standard InChI is InChI=1S/C25H25IN2O2/c1-16-13-23(20(14-21(16)26)18-6-7-18)28(25(29)10-5-17-11-12-30-15-17)24-9-8-19-3-2-4-22(19)27-24/h8-9,13-14,17-18H,2-4,6-7,11-12,15H2,1H3. The fraction of sp³-hybridized carbons (Fsp3) is 0.440. The van der Waals surface area contributed by atoms with Crippen LogP contribution in [0, 0.1) is 28.3 Å². The fourth-order valence-corrected chi connectivity index (χ4v) is 4.83. The number of hydrogen-bond donors (Lipinski definition) is 0. The van der Waals surface area contributed by atoms with E-state index in [0.29, 0.717) is 18.3 Å². The minimum absolute atomic E-state index is 0.144. The van der Waals surface area contributed by atoms with E-state index in [1.54, 1.807) is 4.90 Å². The molecule has 154 valence electrons. The van der Waals surface area contributed by atoms with Crippen LogP contribution in [0.2, 0.25) is 0 Å². The van der Waals surface area contributed by atoms with E-state index in [9.17, 15) is 4.79 Å². The van der Waals surface area contributed by atoms with Crippen molar-refractivity contribution in [1.29, 1.82) is 0 Å². The van der Waals surface area contributed by atoms with Gasteiger partial charge in [-0.1, -0.05) is 12.0 Å². The Morgan fingerprint density at radius 1 is 1.23 bits per heavy atom. The van der Waals surface area contributed by atoms with E-state index < -0.39 is 0 Å². The number of amides is 1. The summed E-state index contributed by atoms with van der Waals surface area (Å²) in [6.45, 7) is 3.45. The van der Waals surface area contributed by atoms with Crippen molar-refractivity contribution in [2.75, 3.05) is 18.1 Å². The molecule has 1 aromatic carbocycles. The number of ether oxygens (including phenoxy) is 1. The Hall–Kier alpha value is -1.91. The summed E-state index contributed by atoms with van der Waals surface area (Å²) in [6.07, 6.45) is 6.45. The number of halogens is 1. The van der Waals surface area contributed by atoms with Crippen LogP contribution in [0.15, 0.2) is 24.3 Å². The lowest BCUT2D eigenvalue weighted by Crippen LogP contribution is -2.27. The quantitative estimate of drug-likeness (QED) is 0.427. The van der Waals surface area contributed by atoms with E-state index in [0.717, 1.165) is 43.7 Å². The molecule has 5 heteroatoms. The third kappa shape index (κ3) is 4.00. The molecule has 0 radical (unpaired) electrons. The van der Waals surface area contributed by atoms with Gasteiger partial charge in [0.15, 0.2) is 0 Å². The number of benzene rings is 1. The maximum atomic E-state index is 13.5. The van der Waals surface area contributed by atoms with E-state index >= 15 is 0 Å². The molecule has 3 aliphatic rings. The third-order valence-corrected chi connectivity index (χ3v) is 7.39. The van der Waals surface area contributed by atoms with Gasteiger partial charge >= 0.3 is 5.91 Å². The summed E-state index contributed by atoms with van der Waals surface area (Å²) in [5, 5.41) is 0. The normalized spacial score (nSPS) is 19.9. The number of rotatable bonds is 3. The molecule has 2 heterocycles. The Labute approximate surface area is 191 Å². The van der Waals surface area contributed by atoms with E-state index in [1.165, 1.54) is 33.1 Å². The summed E-state index contributed by atoms with van der Waals surface area (Å²) < 4.78 is 6.65. The molecule has 4 nitrogen and oxygen atoms in total. The topological polar surface area (TPSA) is 42.4 Å². The molecule has 1 saturated carbocycles. The van der Waals surface area contributed by atoms with Gasteiger partial charge in [0.25, 0.3) is 0 Å². The first-order chi connectivity index (χ1) is 14.6. The number of aryl methyl sites for hydroxylation is 3. The zero-order valence-corrected chi connectivity index (χ0v) is 19.4. The molecule has 1 unspecified atom stereocenters. The number of carbonyl (C=O) groups is 1. The summed E-state index contributed by atoms with van der Waals surface area (Å²) in [5.41, 5.74) is 5.79. The molecule has 1 saturated heterocycles. The highest BCUT2D eigenvalue weighted by Gasteiger charge is 2.31. The van der Waals surface area contributed by atoms with Crippen molar-refractivity contribution < 1.29 is 9.53 Å². The van der Waals surface area contributed by atoms with Gasteiger partial charge in [-0.05, 0) is 115 Å². The van der Waals surface area contributed by atoms with Crippen LogP contribution in [0.5, 0.6) is 0 Å². The number of fused-ring (bicyclic) bond motifs is 1. The molecular formula is C25H25IN2O2. The Balaban J connectivity index is 1.60. The first-order valence-electron chi connectivity index (χ1n) is 10.8. The lowest BCUT2D eigenvalue weighted by Gasteiger charge is -2.24. The van der Waals surface area contributed by atoms with Gasteiger partial charge in [-0.25, -0.2) is 4.98 Å². The van der Waals surface area contributed by atoms with Gasteiger partial charge in [0.1, 0.15) is 5.82 Å².